The van der Waals surface area contributed by atoms with E-state index in [-0.39, 0.29) is 5.92 Å². The van der Waals surface area contributed by atoms with Gasteiger partial charge in [-0.05, 0) is 32.6 Å². The molecule has 0 heterocycles. The third kappa shape index (κ3) is 2.63. The van der Waals surface area contributed by atoms with Crippen LogP contribution in [-0.2, 0) is 4.79 Å². The van der Waals surface area contributed by atoms with Crippen LogP contribution in [0, 0.1) is 5.92 Å². The van der Waals surface area contributed by atoms with Gasteiger partial charge in [-0.2, -0.15) is 4.99 Å². The van der Waals surface area contributed by atoms with Gasteiger partial charge in [0, 0.05) is 0 Å². The normalized spacial score (nSPS) is 21.2. The third-order valence-corrected chi connectivity index (χ3v) is 2.74. The Labute approximate surface area is 78.2 Å². The second kappa shape index (κ2) is 4.01. The molecule has 0 aromatic carbocycles. The van der Waals surface area contributed by atoms with E-state index in [4.69, 9.17) is 0 Å². The average molecular weight is 185 g/mol. The zero-order chi connectivity index (χ0) is 9.90. The first kappa shape index (κ1) is 10.4. The van der Waals surface area contributed by atoms with Crippen LogP contribution >= 0.6 is 0 Å². The summed E-state index contributed by atoms with van der Waals surface area (Å²) in [5.74, 6) is 0.237. The van der Waals surface area contributed by atoms with Crippen molar-refractivity contribution < 1.29 is 9.18 Å². The van der Waals surface area contributed by atoms with Crippen LogP contribution in [-0.4, -0.2) is 17.8 Å². The second-order valence-corrected chi connectivity index (χ2v) is 4.27. The Kier molecular flexibility index (Phi) is 3.21. The lowest BCUT2D eigenvalue weighted by atomic mass is 9.88. The van der Waals surface area contributed by atoms with Crippen LogP contribution in [0.5, 0.6) is 0 Å². The van der Waals surface area contributed by atoms with Gasteiger partial charge in [0.25, 0.3) is 0 Å². The van der Waals surface area contributed by atoms with E-state index in [1.165, 1.54) is 19.9 Å². The molecule has 1 fully saturated rings. The average Bonchev–Trinajstić information content (AvgIpc) is 2.49. The Morgan fingerprint density at radius 3 is 2.38 bits per heavy atom. The van der Waals surface area contributed by atoms with Gasteiger partial charge in [-0.1, -0.05) is 12.8 Å². The van der Waals surface area contributed by atoms with Crippen LogP contribution in [0.15, 0.2) is 4.99 Å². The fourth-order valence-electron chi connectivity index (χ4n) is 2.15. The number of carbonyl (C=O) groups excluding carboxylic acids is 1. The summed E-state index contributed by atoms with van der Waals surface area (Å²) < 4.78 is 13.6. The summed E-state index contributed by atoms with van der Waals surface area (Å²) in [6, 6.07) is -0.493. The van der Waals surface area contributed by atoms with Gasteiger partial charge < -0.3 is 0 Å². The first-order valence-electron chi connectivity index (χ1n) is 4.81. The van der Waals surface area contributed by atoms with E-state index in [9.17, 15) is 9.18 Å². The van der Waals surface area contributed by atoms with E-state index in [0.717, 1.165) is 25.7 Å². The van der Waals surface area contributed by atoms with Crippen molar-refractivity contribution in [2.75, 3.05) is 0 Å². The van der Waals surface area contributed by atoms with Crippen LogP contribution < -0.4 is 0 Å². The van der Waals surface area contributed by atoms with Gasteiger partial charge in [0.15, 0.2) is 0 Å². The lowest BCUT2D eigenvalue weighted by Crippen LogP contribution is -2.35. The van der Waals surface area contributed by atoms with E-state index in [1.807, 2.05) is 0 Å². The van der Waals surface area contributed by atoms with Crippen LogP contribution in [0.25, 0.3) is 0 Å². The summed E-state index contributed by atoms with van der Waals surface area (Å²) in [4.78, 5) is 13.8. The van der Waals surface area contributed by atoms with E-state index in [1.54, 1.807) is 0 Å². The van der Waals surface area contributed by atoms with Crippen LogP contribution in [0.1, 0.15) is 39.5 Å². The molecular formula is C10H16FNO. The molecule has 1 unspecified atom stereocenters. The van der Waals surface area contributed by atoms with E-state index >= 15 is 0 Å². The van der Waals surface area contributed by atoms with Gasteiger partial charge in [-0.15, -0.1) is 0 Å². The Hall–Kier alpha value is -0.690. The fraction of sp³-hybridized carbons (Fsp3) is 0.900. The maximum Gasteiger partial charge on any atom is 0.235 e. The van der Waals surface area contributed by atoms with E-state index in [2.05, 4.69) is 4.99 Å². The Balaban J connectivity index is 2.72. The summed E-state index contributed by atoms with van der Waals surface area (Å²) in [5, 5.41) is 0. The maximum absolute atomic E-state index is 13.6. The second-order valence-electron chi connectivity index (χ2n) is 4.27. The van der Waals surface area contributed by atoms with Gasteiger partial charge in [0.2, 0.25) is 6.08 Å². The number of halogens is 1. The number of alkyl halides is 1. The maximum atomic E-state index is 13.6. The van der Waals surface area contributed by atoms with Crippen molar-refractivity contribution in [3.05, 3.63) is 0 Å². The highest BCUT2D eigenvalue weighted by atomic mass is 19.1. The number of isocyanates is 1. The SMILES string of the molecule is CC(C)(F)C(N=C=O)C1CCCC1. The summed E-state index contributed by atoms with van der Waals surface area (Å²) in [5.41, 5.74) is -1.40. The summed E-state index contributed by atoms with van der Waals surface area (Å²) in [6.07, 6.45) is 5.73. The van der Waals surface area contributed by atoms with Crippen LogP contribution in [0.4, 0.5) is 4.39 Å². The molecule has 1 aliphatic carbocycles. The quantitative estimate of drug-likeness (QED) is 0.491. The van der Waals surface area contributed by atoms with E-state index < -0.39 is 11.7 Å². The van der Waals surface area contributed by atoms with Gasteiger partial charge in [0.05, 0.1) is 6.04 Å². The first-order chi connectivity index (χ1) is 6.05. The zero-order valence-corrected chi connectivity index (χ0v) is 8.22. The molecule has 0 radical (unpaired) electrons. The molecule has 0 spiro atoms. The Morgan fingerprint density at radius 1 is 1.46 bits per heavy atom. The molecule has 0 aliphatic heterocycles. The minimum absolute atomic E-state index is 0.237. The fourth-order valence-corrected chi connectivity index (χ4v) is 2.15. The number of nitrogens with zero attached hydrogens (tertiary/aromatic N) is 1. The molecular weight excluding hydrogens is 169 g/mol. The first-order valence-corrected chi connectivity index (χ1v) is 4.81. The molecule has 0 saturated heterocycles. The molecule has 1 aliphatic rings. The van der Waals surface area contributed by atoms with Crippen LogP contribution in [0.2, 0.25) is 0 Å². The molecule has 2 nitrogen and oxygen atoms in total. The minimum Gasteiger partial charge on any atom is -0.242 e. The summed E-state index contributed by atoms with van der Waals surface area (Å²) >= 11 is 0. The molecule has 0 amide bonds. The molecule has 74 valence electrons. The number of hydrogen-bond acceptors (Lipinski definition) is 2. The van der Waals surface area contributed by atoms with Crippen molar-refractivity contribution >= 4 is 6.08 Å². The molecule has 3 heteroatoms. The van der Waals surface area contributed by atoms with Crippen molar-refractivity contribution in [2.45, 2.75) is 51.2 Å². The third-order valence-electron chi connectivity index (χ3n) is 2.74. The van der Waals surface area contributed by atoms with Crippen molar-refractivity contribution in [3.63, 3.8) is 0 Å². The standard InChI is InChI=1S/C10H16FNO/c1-10(2,11)9(12-7-13)8-5-3-4-6-8/h8-9H,3-6H2,1-2H3. The molecule has 0 aromatic rings. The van der Waals surface area contributed by atoms with Crippen molar-refractivity contribution in [3.8, 4) is 0 Å². The molecule has 1 atom stereocenters. The monoisotopic (exact) mass is 185 g/mol. The number of aliphatic imine (C=N–C) groups is 1. The highest BCUT2D eigenvalue weighted by Crippen LogP contribution is 2.35. The van der Waals surface area contributed by atoms with Crippen molar-refractivity contribution in [1.29, 1.82) is 0 Å². The smallest absolute Gasteiger partial charge is 0.235 e. The molecule has 0 N–H and O–H groups in total. The summed E-state index contributed by atoms with van der Waals surface area (Å²) in [7, 11) is 0. The molecule has 1 saturated carbocycles. The summed E-state index contributed by atoms with van der Waals surface area (Å²) in [6.45, 7) is 2.97. The predicted octanol–water partition coefficient (Wildman–Crippen LogP) is 2.63. The molecule has 1 rings (SSSR count). The highest BCUT2D eigenvalue weighted by molar-refractivity contribution is 5.34. The van der Waals surface area contributed by atoms with Crippen LogP contribution in [0.3, 0.4) is 0 Å². The van der Waals surface area contributed by atoms with Crippen molar-refractivity contribution in [1.82, 2.24) is 0 Å². The Morgan fingerprint density at radius 2 is 2.00 bits per heavy atom. The van der Waals surface area contributed by atoms with Gasteiger partial charge in [0.1, 0.15) is 5.67 Å². The van der Waals surface area contributed by atoms with E-state index in [0.29, 0.717) is 0 Å². The van der Waals surface area contributed by atoms with Gasteiger partial charge >= 0.3 is 0 Å². The largest absolute Gasteiger partial charge is 0.242 e. The topological polar surface area (TPSA) is 29.4 Å². The minimum atomic E-state index is -1.40. The van der Waals surface area contributed by atoms with Gasteiger partial charge in [-0.3, -0.25) is 0 Å². The lowest BCUT2D eigenvalue weighted by Gasteiger charge is -2.27. The van der Waals surface area contributed by atoms with Crippen molar-refractivity contribution in [2.24, 2.45) is 10.9 Å². The molecule has 13 heavy (non-hydrogen) atoms. The van der Waals surface area contributed by atoms with Gasteiger partial charge in [-0.25, -0.2) is 9.18 Å². The molecule has 0 aromatic heterocycles. The Bertz CT molecular complexity index is 209. The number of hydrogen-bond donors (Lipinski definition) is 0. The molecule has 0 bridgehead atoms. The zero-order valence-electron chi connectivity index (χ0n) is 8.22. The predicted molar refractivity (Wildman–Crippen MR) is 49.1 cm³/mol. The lowest BCUT2D eigenvalue weighted by molar-refractivity contribution is 0.137. The highest BCUT2D eigenvalue weighted by Gasteiger charge is 2.37. The number of rotatable bonds is 3.